The van der Waals surface area contributed by atoms with Crippen LogP contribution in [0.5, 0.6) is 0 Å². The molecule has 1 heterocycles. The van der Waals surface area contributed by atoms with Crippen molar-refractivity contribution in [2.45, 2.75) is 91.2 Å². The maximum atomic E-state index is 12.5. The average molecular weight is 463 g/mol. The van der Waals surface area contributed by atoms with Gasteiger partial charge in [-0.2, -0.15) is 0 Å². The molecule has 0 bridgehead atoms. The summed E-state index contributed by atoms with van der Waals surface area (Å²) < 4.78 is 5.91. The third-order valence-corrected chi connectivity index (χ3v) is 9.92. The van der Waals surface area contributed by atoms with E-state index in [2.05, 4.69) is 57.0 Å². The van der Waals surface area contributed by atoms with Gasteiger partial charge in [0.25, 0.3) is 0 Å². The molecule has 2 N–H and O–H groups in total. The van der Waals surface area contributed by atoms with Gasteiger partial charge in [0.2, 0.25) is 0 Å². The second-order valence-electron chi connectivity index (χ2n) is 12.3. The van der Waals surface area contributed by atoms with E-state index >= 15 is 0 Å². The van der Waals surface area contributed by atoms with Crippen LogP contribution in [0.4, 0.5) is 0 Å². The molecule has 4 aliphatic carbocycles. The lowest BCUT2D eigenvalue weighted by Crippen LogP contribution is -2.50. The summed E-state index contributed by atoms with van der Waals surface area (Å²) in [5.74, 6) is 2.35. The van der Waals surface area contributed by atoms with Crippen molar-refractivity contribution >= 4 is 11.5 Å². The first-order valence-electron chi connectivity index (χ1n) is 13.5. The lowest BCUT2D eigenvalue weighted by Gasteiger charge is -2.57. The van der Waals surface area contributed by atoms with Crippen LogP contribution in [-0.2, 0) is 9.53 Å². The quantitative estimate of drug-likeness (QED) is 0.410. The van der Waals surface area contributed by atoms with Crippen molar-refractivity contribution in [3.63, 3.8) is 0 Å². The fraction of sp³-hybridized carbons (Fsp3) is 0.667. The number of nitrogens with zero attached hydrogens (tertiary/aromatic N) is 1. The predicted molar refractivity (Wildman–Crippen MR) is 137 cm³/mol. The van der Waals surface area contributed by atoms with Crippen LogP contribution in [0.15, 0.2) is 42.3 Å². The lowest BCUT2D eigenvalue weighted by atomic mass is 9.47. The minimum atomic E-state index is -0.502. The van der Waals surface area contributed by atoms with Crippen molar-refractivity contribution in [2.24, 2.45) is 40.2 Å². The zero-order chi connectivity index (χ0) is 24.1. The maximum Gasteiger partial charge on any atom is 0.323 e. The van der Waals surface area contributed by atoms with Crippen molar-refractivity contribution in [1.82, 2.24) is 4.98 Å². The maximum absolute atomic E-state index is 12.5. The summed E-state index contributed by atoms with van der Waals surface area (Å²) in [5, 5.41) is 0. The third kappa shape index (κ3) is 3.96. The molecule has 0 saturated heterocycles. The molecule has 184 valence electrons. The molecule has 0 aliphatic heterocycles. The van der Waals surface area contributed by atoms with Crippen LogP contribution in [0, 0.1) is 34.5 Å². The first-order chi connectivity index (χ1) is 16.2. The van der Waals surface area contributed by atoms with Crippen LogP contribution < -0.4 is 5.73 Å². The van der Waals surface area contributed by atoms with Gasteiger partial charge >= 0.3 is 5.97 Å². The predicted octanol–water partition coefficient (Wildman–Crippen LogP) is 6.32. The van der Waals surface area contributed by atoms with Gasteiger partial charge in [0.15, 0.2) is 0 Å². The summed E-state index contributed by atoms with van der Waals surface area (Å²) in [6.07, 6.45) is 17.5. The summed E-state index contributed by atoms with van der Waals surface area (Å²) in [6.45, 7) is 9.21. The standard InChI is InChI=1S/C30H42N2O2/c1-19(2)16-27(31)28(33)34-22-11-13-29(3)21(17-22)7-8-23-25-10-9-24(20-6-5-15-32-18-20)30(25,4)14-12-26(23)29/h5-7,9,15,18-19,22-23,25-27H,8,10-14,16-17,31H2,1-4H3/t22-,23-,25-,26-,27-,29-,30+/m0/s1. The monoisotopic (exact) mass is 462 g/mol. The van der Waals surface area contributed by atoms with Gasteiger partial charge < -0.3 is 10.5 Å². The molecule has 4 heteroatoms. The lowest BCUT2D eigenvalue weighted by molar-refractivity contribution is -0.153. The number of carbonyl (C=O) groups is 1. The van der Waals surface area contributed by atoms with Gasteiger partial charge in [0.1, 0.15) is 12.1 Å². The first kappa shape index (κ1) is 23.8. The molecule has 0 aromatic carbocycles. The number of rotatable bonds is 5. The summed E-state index contributed by atoms with van der Waals surface area (Å²) in [6, 6.07) is 3.79. The Morgan fingerprint density at radius 1 is 1.15 bits per heavy atom. The number of pyridine rings is 1. The number of allylic oxidation sites excluding steroid dienone is 3. The van der Waals surface area contributed by atoms with Gasteiger partial charge in [-0.25, -0.2) is 0 Å². The topological polar surface area (TPSA) is 65.2 Å². The molecule has 0 unspecified atom stereocenters. The van der Waals surface area contributed by atoms with E-state index in [1.165, 1.54) is 36.0 Å². The molecule has 0 radical (unpaired) electrons. The Bertz CT molecular complexity index is 983. The van der Waals surface area contributed by atoms with Gasteiger partial charge in [-0.3, -0.25) is 9.78 Å². The minimum Gasteiger partial charge on any atom is -0.461 e. The molecule has 1 aromatic heterocycles. The SMILES string of the molecule is CC(C)C[C@H](N)C(=O)O[C@H]1CC[C@@]2(C)C(=CC[C@@H]3[C@@H]2CC[C@]2(C)C(c4cccnc4)=CC[C@@H]32)C1. The van der Waals surface area contributed by atoms with Gasteiger partial charge in [-0.05, 0) is 96.7 Å². The van der Waals surface area contributed by atoms with Crippen molar-refractivity contribution < 1.29 is 9.53 Å². The minimum absolute atomic E-state index is 0.0132. The van der Waals surface area contributed by atoms with Crippen LogP contribution in [0.1, 0.15) is 84.6 Å². The fourth-order valence-electron chi connectivity index (χ4n) is 8.12. The van der Waals surface area contributed by atoms with Crippen LogP contribution >= 0.6 is 0 Å². The molecule has 2 fully saturated rings. The smallest absolute Gasteiger partial charge is 0.323 e. The number of aromatic nitrogens is 1. The molecule has 4 aliphatic rings. The Hall–Kier alpha value is -1.94. The molecular weight excluding hydrogens is 420 g/mol. The average Bonchev–Trinajstić information content (AvgIpc) is 3.16. The molecule has 4 nitrogen and oxygen atoms in total. The van der Waals surface area contributed by atoms with E-state index in [9.17, 15) is 4.79 Å². The van der Waals surface area contributed by atoms with Crippen molar-refractivity contribution in [2.75, 3.05) is 0 Å². The third-order valence-electron chi connectivity index (χ3n) is 9.92. The summed E-state index contributed by atoms with van der Waals surface area (Å²) in [7, 11) is 0. The van der Waals surface area contributed by atoms with E-state index in [0.717, 1.165) is 37.5 Å². The van der Waals surface area contributed by atoms with Gasteiger partial charge in [-0.1, -0.05) is 51.5 Å². The van der Waals surface area contributed by atoms with Gasteiger partial charge in [0.05, 0.1) is 0 Å². The Morgan fingerprint density at radius 3 is 2.68 bits per heavy atom. The number of esters is 1. The zero-order valence-electron chi connectivity index (χ0n) is 21.4. The van der Waals surface area contributed by atoms with Crippen LogP contribution in [0.25, 0.3) is 5.57 Å². The van der Waals surface area contributed by atoms with Crippen LogP contribution in [0.2, 0.25) is 0 Å². The molecule has 5 rings (SSSR count). The fourth-order valence-corrected chi connectivity index (χ4v) is 8.12. The van der Waals surface area contributed by atoms with E-state index in [1.54, 1.807) is 0 Å². The Kier molecular flexibility index (Phi) is 6.25. The van der Waals surface area contributed by atoms with E-state index in [4.69, 9.17) is 10.5 Å². The second kappa shape index (κ2) is 8.93. The van der Waals surface area contributed by atoms with Crippen molar-refractivity contribution in [3.8, 4) is 0 Å². The van der Waals surface area contributed by atoms with Gasteiger partial charge in [0, 0.05) is 18.8 Å². The van der Waals surface area contributed by atoms with Gasteiger partial charge in [-0.15, -0.1) is 0 Å². The number of hydrogen-bond donors (Lipinski definition) is 1. The first-order valence-corrected chi connectivity index (χ1v) is 13.5. The highest BCUT2D eigenvalue weighted by Gasteiger charge is 2.57. The number of hydrogen-bond acceptors (Lipinski definition) is 4. The summed E-state index contributed by atoms with van der Waals surface area (Å²) >= 11 is 0. The van der Waals surface area contributed by atoms with E-state index in [1.807, 2.05) is 12.4 Å². The molecular formula is C30H42N2O2. The largest absolute Gasteiger partial charge is 0.461 e. The highest BCUT2D eigenvalue weighted by atomic mass is 16.5. The van der Waals surface area contributed by atoms with Crippen LogP contribution in [-0.4, -0.2) is 23.1 Å². The van der Waals surface area contributed by atoms with Crippen LogP contribution in [0.3, 0.4) is 0 Å². The number of carbonyl (C=O) groups excluding carboxylic acids is 1. The molecule has 1 aromatic rings. The molecule has 0 spiro atoms. The normalized spacial score (nSPS) is 37.7. The second-order valence-corrected chi connectivity index (χ2v) is 12.3. The number of ether oxygens (including phenoxy) is 1. The molecule has 7 atom stereocenters. The highest BCUT2D eigenvalue weighted by Crippen LogP contribution is 2.66. The van der Waals surface area contributed by atoms with E-state index in [0.29, 0.717) is 18.3 Å². The molecule has 0 amide bonds. The Labute approximate surface area is 205 Å². The zero-order valence-corrected chi connectivity index (χ0v) is 21.4. The Morgan fingerprint density at radius 2 is 1.94 bits per heavy atom. The van der Waals surface area contributed by atoms with E-state index < -0.39 is 6.04 Å². The molecule has 34 heavy (non-hydrogen) atoms. The summed E-state index contributed by atoms with van der Waals surface area (Å²) in [4.78, 5) is 16.9. The number of nitrogens with two attached hydrogens (primary N) is 1. The summed E-state index contributed by atoms with van der Waals surface area (Å²) in [5.41, 5.74) is 11.0. The van der Waals surface area contributed by atoms with Crippen molar-refractivity contribution in [3.05, 3.63) is 47.8 Å². The Balaban J connectivity index is 1.30. The number of fused-ring (bicyclic) bond motifs is 5. The molecule has 2 saturated carbocycles. The van der Waals surface area contributed by atoms with E-state index in [-0.39, 0.29) is 22.9 Å². The van der Waals surface area contributed by atoms with Crippen molar-refractivity contribution in [1.29, 1.82) is 0 Å². The highest BCUT2D eigenvalue weighted by molar-refractivity contribution is 5.75.